The third kappa shape index (κ3) is 3.59. The number of likely N-dealkylation sites (tertiary alicyclic amines) is 1. The minimum absolute atomic E-state index is 0.0352. The highest BCUT2D eigenvalue weighted by Crippen LogP contribution is 2.20. The van der Waals surface area contributed by atoms with E-state index >= 15 is 0 Å². The lowest BCUT2D eigenvalue weighted by molar-refractivity contribution is 0.0939. The topological polar surface area (TPSA) is 104 Å². The molecule has 1 aromatic rings. The summed E-state index contributed by atoms with van der Waals surface area (Å²) in [6.07, 6.45) is 0.679. The first-order valence-electron chi connectivity index (χ1n) is 8.30. The molecule has 2 rings (SSSR count). The SMILES string of the molecule is CCCn1c(N)c(C(=O)CN2CC(C)C(N(C)C)C2)c(=O)[nH]c1=O. The van der Waals surface area contributed by atoms with Gasteiger partial charge in [0.25, 0.3) is 5.56 Å². The van der Waals surface area contributed by atoms with E-state index in [0.717, 1.165) is 13.1 Å². The van der Waals surface area contributed by atoms with Gasteiger partial charge in [0.2, 0.25) is 0 Å². The molecule has 1 saturated heterocycles. The number of rotatable bonds is 6. The number of nitrogens with zero attached hydrogens (tertiary/aromatic N) is 3. The van der Waals surface area contributed by atoms with Gasteiger partial charge in [-0.25, -0.2) is 4.79 Å². The molecule has 0 aliphatic carbocycles. The van der Waals surface area contributed by atoms with Gasteiger partial charge in [0, 0.05) is 25.7 Å². The molecular weight excluding hydrogens is 310 g/mol. The fraction of sp³-hybridized carbons (Fsp3) is 0.688. The summed E-state index contributed by atoms with van der Waals surface area (Å²) in [6.45, 7) is 6.11. The highest BCUT2D eigenvalue weighted by molar-refractivity contribution is 6.01. The van der Waals surface area contributed by atoms with Crippen molar-refractivity contribution in [3.8, 4) is 0 Å². The maximum Gasteiger partial charge on any atom is 0.329 e. The zero-order valence-electron chi connectivity index (χ0n) is 14.8. The fourth-order valence-corrected chi connectivity index (χ4v) is 3.43. The number of likely N-dealkylation sites (N-methyl/N-ethyl adjacent to an activating group) is 1. The van der Waals surface area contributed by atoms with E-state index in [4.69, 9.17) is 5.73 Å². The molecule has 8 nitrogen and oxygen atoms in total. The lowest BCUT2D eigenvalue weighted by Gasteiger charge is -2.22. The Morgan fingerprint density at radius 3 is 2.54 bits per heavy atom. The van der Waals surface area contributed by atoms with Gasteiger partial charge in [-0.3, -0.25) is 24.0 Å². The number of hydrogen-bond donors (Lipinski definition) is 2. The lowest BCUT2D eigenvalue weighted by atomic mass is 10.1. The maximum absolute atomic E-state index is 12.6. The third-order valence-electron chi connectivity index (χ3n) is 4.64. The third-order valence-corrected chi connectivity index (χ3v) is 4.64. The maximum atomic E-state index is 12.6. The Bertz CT molecular complexity index is 721. The monoisotopic (exact) mass is 337 g/mol. The molecule has 0 bridgehead atoms. The van der Waals surface area contributed by atoms with Gasteiger partial charge in [0.1, 0.15) is 11.4 Å². The van der Waals surface area contributed by atoms with Gasteiger partial charge in [0.15, 0.2) is 5.78 Å². The summed E-state index contributed by atoms with van der Waals surface area (Å²) < 4.78 is 1.25. The fourth-order valence-electron chi connectivity index (χ4n) is 3.43. The number of nitrogens with two attached hydrogens (primary N) is 1. The molecule has 2 heterocycles. The summed E-state index contributed by atoms with van der Waals surface area (Å²) in [4.78, 5) is 42.9. The van der Waals surface area contributed by atoms with Crippen molar-refractivity contribution in [2.45, 2.75) is 32.9 Å². The largest absolute Gasteiger partial charge is 0.384 e. The van der Waals surface area contributed by atoms with Crippen LogP contribution in [0.25, 0.3) is 0 Å². The molecule has 0 saturated carbocycles. The summed E-state index contributed by atoms with van der Waals surface area (Å²) in [7, 11) is 4.05. The second-order valence-corrected chi connectivity index (χ2v) is 6.80. The summed E-state index contributed by atoms with van der Waals surface area (Å²) in [5.41, 5.74) is 4.56. The first kappa shape index (κ1) is 18.4. The zero-order chi connectivity index (χ0) is 18.0. The van der Waals surface area contributed by atoms with Gasteiger partial charge < -0.3 is 10.6 Å². The molecule has 24 heavy (non-hydrogen) atoms. The first-order chi connectivity index (χ1) is 11.3. The van der Waals surface area contributed by atoms with Gasteiger partial charge in [-0.1, -0.05) is 13.8 Å². The van der Waals surface area contributed by atoms with Crippen LogP contribution >= 0.6 is 0 Å². The van der Waals surface area contributed by atoms with Crippen LogP contribution in [0.15, 0.2) is 9.59 Å². The molecule has 8 heteroatoms. The van der Waals surface area contributed by atoms with Gasteiger partial charge in [-0.2, -0.15) is 0 Å². The molecule has 1 aliphatic rings. The molecule has 0 spiro atoms. The van der Waals surface area contributed by atoms with Crippen LogP contribution in [-0.4, -0.2) is 64.9 Å². The number of hydrogen-bond acceptors (Lipinski definition) is 6. The molecule has 2 unspecified atom stereocenters. The molecule has 0 radical (unpaired) electrons. The van der Waals surface area contributed by atoms with Crippen LogP contribution in [0.4, 0.5) is 5.82 Å². The van der Waals surface area contributed by atoms with Crippen molar-refractivity contribution < 1.29 is 4.79 Å². The highest BCUT2D eigenvalue weighted by Gasteiger charge is 2.32. The standard InChI is InChI=1S/C16H27N5O3/c1-5-6-21-14(17)13(15(23)18-16(21)24)12(22)9-20-7-10(2)11(8-20)19(3)4/h10-11H,5-9,17H2,1-4H3,(H,18,23,24). The minimum atomic E-state index is -0.703. The van der Waals surface area contributed by atoms with Crippen LogP contribution in [0, 0.1) is 5.92 Å². The molecule has 1 aromatic heterocycles. The number of ketones is 1. The van der Waals surface area contributed by atoms with Crippen molar-refractivity contribution in [2.24, 2.45) is 5.92 Å². The van der Waals surface area contributed by atoms with Gasteiger partial charge >= 0.3 is 5.69 Å². The highest BCUT2D eigenvalue weighted by atomic mass is 16.2. The molecule has 1 fully saturated rings. The van der Waals surface area contributed by atoms with E-state index in [9.17, 15) is 14.4 Å². The summed E-state index contributed by atoms with van der Waals surface area (Å²) in [6, 6.07) is 0.377. The van der Waals surface area contributed by atoms with Crippen LogP contribution in [0.2, 0.25) is 0 Å². The van der Waals surface area contributed by atoms with Crippen LogP contribution in [0.5, 0.6) is 0 Å². The van der Waals surface area contributed by atoms with Crippen molar-refractivity contribution in [2.75, 3.05) is 39.5 Å². The van der Waals surface area contributed by atoms with E-state index in [1.165, 1.54) is 4.57 Å². The first-order valence-corrected chi connectivity index (χ1v) is 8.30. The Morgan fingerprint density at radius 1 is 1.33 bits per heavy atom. The van der Waals surface area contributed by atoms with Gasteiger partial charge in [-0.05, 0) is 26.4 Å². The predicted molar refractivity (Wildman–Crippen MR) is 93.4 cm³/mol. The number of aromatic nitrogens is 2. The molecule has 2 atom stereocenters. The predicted octanol–water partition coefficient (Wildman–Crippen LogP) is -0.407. The summed E-state index contributed by atoms with van der Waals surface area (Å²) in [5.74, 6) is 0.0645. The molecule has 3 N–H and O–H groups in total. The van der Waals surface area contributed by atoms with Crippen LogP contribution in [-0.2, 0) is 6.54 Å². The van der Waals surface area contributed by atoms with E-state index in [1.54, 1.807) is 0 Å². The smallest absolute Gasteiger partial charge is 0.329 e. The summed E-state index contributed by atoms with van der Waals surface area (Å²) >= 11 is 0. The second-order valence-electron chi connectivity index (χ2n) is 6.80. The second kappa shape index (κ2) is 7.31. The quantitative estimate of drug-likeness (QED) is 0.684. The van der Waals surface area contributed by atoms with Crippen molar-refractivity contribution >= 4 is 11.6 Å². The molecule has 0 amide bonds. The number of carbonyl (C=O) groups is 1. The number of nitrogen functional groups attached to an aromatic ring is 1. The van der Waals surface area contributed by atoms with E-state index in [1.807, 2.05) is 25.9 Å². The van der Waals surface area contributed by atoms with Crippen LogP contribution in [0.3, 0.4) is 0 Å². The van der Waals surface area contributed by atoms with Crippen molar-refractivity contribution in [1.82, 2.24) is 19.4 Å². The molecular formula is C16H27N5O3. The van der Waals surface area contributed by atoms with Crippen molar-refractivity contribution in [1.29, 1.82) is 0 Å². The van der Waals surface area contributed by atoms with Crippen LogP contribution in [0.1, 0.15) is 30.6 Å². The van der Waals surface area contributed by atoms with Crippen molar-refractivity contribution in [3.05, 3.63) is 26.4 Å². The average molecular weight is 337 g/mol. The Labute approximate surface area is 141 Å². The summed E-state index contributed by atoms with van der Waals surface area (Å²) in [5, 5.41) is 0. The zero-order valence-corrected chi connectivity index (χ0v) is 14.8. The number of nitrogens with one attached hydrogen (secondary N) is 1. The van der Waals surface area contributed by atoms with Crippen molar-refractivity contribution in [3.63, 3.8) is 0 Å². The van der Waals surface area contributed by atoms with E-state index < -0.39 is 11.2 Å². The molecule has 0 aromatic carbocycles. The van der Waals surface area contributed by atoms with Gasteiger partial charge in [0.05, 0.1) is 6.54 Å². The van der Waals surface area contributed by atoms with Crippen LogP contribution < -0.4 is 17.0 Å². The number of H-pyrrole nitrogens is 1. The van der Waals surface area contributed by atoms with Gasteiger partial charge in [-0.15, -0.1) is 0 Å². The number of carbonyl (C=O) groups excluding carboxylic acids is 1. The van der Waals surface area contributed by atoms with E-state index in [2.05, 4.69) is 16.8 Å². The normalized spacial score (nSPS) is 21.5. The number of anilines is 1. The Morgan fingerprint density at radius 2 is 2.00 bits per heavy atom. The Balaban J connectivity index is 2.24. The number of aromatic amines is 1. The minimum Gasteiger partial charge on any atom is -0.384 e. The Hall–Kier alpha value is -1.93. The Kier molecular flexibility index (Phi) is 5.61. The molecule has 1 aliphatic heterocycles. The lowest BCUT2D eigenvalue weighted by Crippen LogP contribution is -2.39. The number of Topliss-reactive ketones (excluding diaryl/α,β-unsaturated/α-hetero) is 1. The van der Waals surface area contributed by atoms with E-state index in [0.29, 0.717) is 24.9 Å². The molecule has 134 valence electrons. The average Bonchev–Trinajstić information content (AvgIpc) is 2.84. The van der Waals surface area contributed by atoms with E-state index in [-0.39, 0.29) is 23.7 Å².